The summed E-state index contributed by atoms with van der Waals surface area (Å²) in [6.07, 6.45) is 1.13. The molecule has 3 nitrogen and oxygen atoms in total. The second-order valence-electron chi connectivity index (χ2n) is 4.83. The number of nitrogens with one attached hydrogen (secondary N) is 1. The minimum Gasteiger partial charge on any atom is -0.370 e. The molecule has 1 aliphatic heterocycles. The van der Waals surface area contributed by atoms with Gasteiger partial charge in [-0.1, -0.05) is 6.07 Å². The number of rotatable bonds is 3. The fraction of sp³-hybridized carbons (Fsp3) is 0.400. The van der Waals surface area contributed by atoms with E-state index in [4.69, 9.17) is 4.98 Å². The van der Waals surface area contributed by atoms with Gasteiger partial charge in [0.15, 0.2) is 0 Å². The zero-order valence-electron chi connectivity index (χ0n) is 11.4. The van der Waals surface area contributed by atoms with Crippen molar-refractivity contribution in [1.29, 1.82) is 0 Å². The first kappa shape index (κ1) is 12.5. The highest BCUT2D eigenvalue weighted by Crippen LogP contribution is 2.35. The van der Waals surface area contributed by atoms with Gasteiger partial charge in [-0.2, -0.15) is 0 Å². The lowest BCUT2D eigenvalue weighted by molar-refractivity contribution is 0.625. The molecule has 1 unspecified atom stereocenters. The second kappa shape index (κ2) is 5.21. The number of anilines is 2. The van der Waals surface area contributed by atoms with E-state index in [1.165, 1.54) is 10.4 Å². The summed E-state index contributed by atoms with van der Waals surface area (Å²) in [4.78, 5) is 8.64. The maximum atomic E-state index is 4.71. The topological polar surface area (TPSA) is 28.2 Å². The van der Waals surface area contributed by atoms with Gasteiger partial charge in [-0.25, -0.2) is 4.98 Å². The van der Waals surface area contributed by atoms with Crippen molar-refractivity contribution in [3.05, 3.63) is 40.1 Å². The van der Waals surface area contributed by atoms with Crippen LogP contribution in [0.2, 0.25) is 0 Å². The van der Waals surface area contributed by atoms with Gasteiger partial charge < -0.3 is 10.2 Å². The van der Waals surface area contributed by atoms with Crippen LogP contribution in [0.4, 0.5) is 11.6 Å². The van der Waals surface area contributed by atoms with Crippen LogP contribution in [0.25, 0.3) is 0 Å². The van der Waals surface area contributed by atoms with E-state index in [0.717, 1.165) is 31.1 Å². The van der Waals surface area contributed by atoms with Crippen molar-refractivity contribution >= 4 is 23.0 Å². The lowest BCUT2D eigenvalue weighted by Crippen LogP contribution is -2.33. The summed E-state index contributed by atoms with van der Waals surface area (Å²) in [5, 5.41) is 5.48. The molecular weight excluding hydrogens is 254 g/mol. The van der Waals surface area contributed by atoms with Crippen LogP contribution in [0.5, 0.6) is 0 Å². The quantitative estimate of drug-likeness (QED) is 0.924. The van der Waals surface area contributed by atoms with Crippen LogP contribution >= 0.6 is 11.3 Å². The minimum atomic E-state index is 0.416. The fourth-order valence-corrected chi connectivity index (χ4v) is 3.65. The number of hydrogen-bond acceptors (Lipinski definition) is 4. The van der Waals surface area contributed by atoms with E-state index in [1.807, 2.05) is 17.4 Å². The normalized spacial score (nSPS) is 18.2. The van der Waals surface area contributed by atoms with Crippen LogP contribution in [0.1, 0.15) is 30.3 Å². The molecule has 0 amide bonds. The van der Waals surface area contributed by atoms with Crippen LogP contribution in [0.15, 0.2) is 29.6 Å². The fourth-order valence-electron chi connectivity index (χ4n) is 2.69. The molecule has 0 aliphatic carbocycles. The lowest BCUT2D eigenvalue weighted by atomic mass is 10.0. The molecule has 1 atom stereocenters. The Morgan fingerprint density at radius 1 is 1.42 bits per heavy atom. The predicted octanol–water partition coefficient (Wildman–Crippen LogP) is 3.70. The van der Waals surface area contributed by atoms with Crippen LogP contribution in [0.3, 0.4) is 0 Å². The molecule has 3 rings (SSSR count). The van der Waals surface area contributed by atoms with Crippen LogP contribution < -0.4 is 10.2 Å². The maximum absolute atomic E-state index is 4.71. The van der Waals surface area contributed by atoms with Gasteiger partial charge in [-0.05, 0) is 49.4 Å². The van der Waals surface area contributed by atoms with Crippen molar-refractivity contribution < 1.29 is 0 Å². The number of thiophene rings is 1. The average molecular weight is 273 g/mol. The third kappa shape index (κ3) is 2.32. The van der Waals surface area contributed by atoms with Gasteiger partial charge >= 0.3 is 0 Å². The van der Waals surface area contributed by atoms with Crippen LogP contribution in [0, 0.1) is 0 Å². The monoisotopic (exact) mass is 273 g/mol. The summed E-state index contributed by atoms with van der Waals surface area (Å²) < 4.78 is 0. The number of nitrogens with zero attached hydrogens (tertiary/aromatic N) is 2. The van der Waals surface area contributed by atoms with Gasteiger partial charge in [0, 0.05) is 18.0 Å². The van der Waals surface area contributed by atoms with E-state index in [-0.39, 0.29) is 0 Å². The average Bonchev–Trinajstić information content (AvgIpc) is 2.89. The standard InChI is InChI=1S/C15H19N3S/c1-3-16-14-5-4-6-15(17-14)18-9-7-13-12(11(18)2)8-10-19-13/h4-6,8,10-11H,3,7,9H2,1-2H3,(H,16,17). The van der Waals surface area contributed by atoms with Gasteiger partial charge in [0.1, 0.15) is 11.6 Å². The van der Waals surface area contributed by atoms with Gasteiger partial charge in [0.2, 0.25) is 0 Å². The molecule has 1 N–H and O–H groups in total. The summed E-state index contributed by atoms with van der Waals surface area (Å²) in [7, 11) is 0. The molecule has 0 spiro atoms. The van der Waals surface area contributed by atoms with Gasteiger partial charge in [-0.3, -0.25) is 0 Å². The van der Waals surface area contributed by atoms with Gasteiger partial charge in [-0.15, -0.1) is 11.3 Å². The molecule has 0 bridgehead atoms. The highest BCUT2D eigenvalue weighted by atomic mass is 32.1. The van der Waals surface area contributed by atoms with Gasteiger partial charge in [0.25, 0.3) is 0 Å². The Kier molecular flexibility index (Phi) is 3.42. The summed E-state index contributed by atoms with van der Waals surface area (Å²) >= 11 is 1.88. The van der Waals surface area contributed by atoms with E-state index in [9.17, 15) is 0 Å². The molecular formula is C15H19N3S. The Hall–Kier alpha value is -1.55. The largest absolute Gasteiger partial charge is 0.370 e. The van der Waals surface area contributed by atoms with Crippen molar-refractivity contribution in [3.63, 3.8) is 0 Å². The van der Waals surface area contributed by atoms with Crippen molar-refractivity contribution in [1.82, 2.24) is 4.98 Å². The summed E-state index contributed by atoms with van der Waals surface area (Å²) in [5.41, 5.74) is 1.46. The molecule has 0 saturated heterocycles. The Balaban J connectivity index is 1.89. The van der Waals surface area contributed by atoms with Crippen molar-refractivity contribution in [2.45, 2.75) is 26.3 Å². The predicted molar refractivity (Wildman–Crippen MR) is 82.2 cm³/mol. The number of aromatic nitrogens is 1. The number of hydrogen-bond donors (Lipinski definition) is 1. The molecule has 4 heteroatoms. The summed E-state index contributed by atoms with van der Waals surface area (Å²) in [6.45, 7) is 6.32. The highest BCUT2D eigenvalue weighted by Gasteiger charge is 2.25. The van der Waals surface area contributed by atoms with E-state index in [2.05, 4.69) is 47.6 Å². The molecule has 2 aromatic rings. The molecule has 0 aromatic carbocycles. The number of fused-ring (bicyclic) bond motifs is 1. The SMILES string of the molecule is CCNc1cccc(N2CCc3sccc3C2C)n1. The van der Waals surface area contributed by atoms with Crippen molar-refractivity contribution in [3.8, 4) is 0 Å². The Morgan fingerprint density at radius 3 is 3.16 bits per heavy atom. The summed E-state index contributed by atoms with van der Waals surface area (Å²) in [6, 6.07) is 8.88. The molecule has 0 fully saturated rings. The second-order valence-corrected chi connectivity index (χ2v) is 5.83. The first-order chi connectivity index (χ1) is 9.29. The van der Waals surface area contributed by atoms with E-state index in [1.54, 1.807) is 0 Å². The molecule has 2 aromatic heterocycles. The smallest absolute Gasteiger partial charge is 0.131 e. The zero-order valence-corrected chi connectivity index (χ0v) is 12.2. The van der Waals surface area contributed by atoms with Gasteiger partial charge in [0.05, 0.1) is 6.04 Å². The number of pyridine rings is 1. The molecule has 100 valence electrons. The van der Waals surface area contributed by atoms with E-state index in [0.29, 0.717) is 6.04 Å². The van der Waals surface area contributed by atoms with Crippen molar-refractivity contribution in [2.24, 2.45) is 0 Å². The maximum Gasteiger partial charge on any atom is 0.131 e. The van der Waals surface area contributed by atoms with Crippen LogP contribution in [-0.2, 0) is 6.42 Å². The Bertz CT molecular complexity index is 564. The highest BCUT2D eigenvalue weighted by molar-refractivity contribution is 7.10. The zero-order chi connectivity index (χ0) is 13.2. The third-order valence-electron chi connectivity index (χ3n) is 3.66. The third-order valence-corrected chi connectivity index (χ3v) is 4.66. The molecule has 3 heterocycles. The van der Waals surface area contributed by atoms with E-state index >= 15 is 0 Å². The molecule has 0 radical (unpaired) electrons. The Morgan fingerprint density at radius 2 is 2.32 bits per heavy atom. The molecule has 19 heavy (non-hydrogen) atoms. The Labute approximate surface area is 118 Å². The first-order valence-corrected chi connectivity index (χ1v) is 7.71. The summed E-state index contributed by atoms with van der Waals surface area (Å²) in [5.74, 6) is 2.03. The molecule has 0 saturated carbocycles. The minimum absolute atomic E-state index is 0.416. The van der Waals surface area contributed by atoms with E-state index < -0.39 is 0 Å². The van der Waals surface area contributed by atoms with Crippen molar-refractivity contribution in [2.75, 3.05) is 23.3 Å². The lowest BCUT2D eigenvalue weighted by Gasteiger charge is -2.34. The molecule has 1 aliphatic rings. The first-order valence-electron chi connectivity index (χ1n) is 6.83. The van der Waals surface area contributed by atoms with Crippen LogP contribution in [-0.4, -0.2) is 18.1 Å².